The summed E-state index contributed by atoms with van der Waals surface area (Å²) in [7, 11) is 0. The number of hydroxylamine groups is 1. The quantitative estimate of drug-likeness (QED) is 0.471. The molecular formula is C26H21F3N2O4. The summed E-state index contributed by atoms with van der Waals surface area (Å²) < 4.78 is 45.8. The summed E-state index contributed by atoms with van der Waals surface area (Å²) in [6.45, 7) is 2.30. The third-order valence-electron chi connectivity index (χ3n) is 6.09. The van der Waals surface area contributed by atoms with E-state index in [1.165, 1.54) is 17.2 Å². The number of carbonyl (C=O) groups excluding carboxylic acids is 2. The Bertz CT molecular complexity index is 1250. The molecule has 0 unspecified atom stereocenters. The van der Waals surface area contributed by atoms with Gasteiger partial charge >= 0.3 is 6.18 Å². The number of anilines is 2. The Balaban J connectivity index is 1.56. The fourth-order valence-corrected chi connectivity index (χ4v) is 4.56. The number of nitrogens with zero attached hydrogens (tertiary/aromatic N) is 2. The third kappa shape index (κ3) is 4.01. The van der Waals surface area contributed by atoms with E-state index in [4.69, 9.17) is 9.57 Å². The van der Waals surface area contributed by atoms with E-state index in [0.717, 1.165) is 17.0 Å². The molecule has 0 aliphatic carbocycles. The zero-order valence-electron chi connectivity index (χ0n) is 18.6. The van der Waals surface area contributed by atoms with Gasteiger partial charge in [0.15, 0.2) is 6.10 Å². The van der Waals surface area contributed by atoms with Gasteiger partial charge in [-0.3, -0.25) is 14.4 Å². The molecule has 180 valence electrons. The molecule has 2 saturated heterocycles. The van der Waals surface area contributed by atoms with E-state index in [1.807, 2.05) is 6.92 Å². The Morgan fingerprint density at radius 3 is 2.26 bits per heavy atom. The van der Waals surface area contributed by atoms with Gasteiger partial charge in [-0.1, -0.05) is 30.3 Å². The number of ether oxygens (including phenoxy) is 1. The summed E-state index contributed by atoms with van der Waals surface area (Å²) in [5.74, 6) is -1.55. The molecule has 35 heavy (non-hydrogen) atoms. The monoisotopic (exact) mass is 482 g/mol. The minimum Gasteiger partial charge on any atom is -0.494 e. The molecule has 2 amide bonds. The van der Waals surface area contributed by atoms with Gasteiger partial charge in [0.2, 0.25) is 5.91 Å². The van der Waals surface area contributed by atoms with Crippen LogP contribution in [0.2, 0.25) is 0 Å². The van der Waals surface area contributed by atoms with Crippen molar-refractivity contribution in [3.8, 4) is 5.75 Å². The predicted octanol–water partition coefficient (Wildman–Crippen LogP) is 5.16. The lowest BCUT2D eigenvalue weighted by Crippen LogP contribution is -2.37. The Labute approximate surface area is 199 Å². The molecule has 2 fully saturated rings. The van der Waals surface area contributed by atoms with E-state index < -0.39 is 41.6 Å². The van der Waals surface area contributed by atoms with Crippen LogP contribution in [0.4, 0.5) is 24.5 Å². The summed E-state index contributed by atoms with van der Waals surface area (Å²) in [4.78, 5) is 33.9. The van der Waals surface area contributed by atoms with Crippen LogP contribution in [0.1, 0.15) is 24.1 Å². The van der Waals surface area contributed by atoms with Gasteiger partial charge in [-0.15, -0.1) is 0 Å². The predicted molar refractivity (Wildman–Crippen MR) is 122 cm³/mol. The first-order chi connectivity index (χ1) is 16.8. The second kappa shape index (κ2) is 8.74. The molecule has 3 atom stereocenters. The van der Waals surface area contributed by atoms with Gasteiger partial charge in [0, 0.05) is 0 Å². The number of halogens is 3. The molecule has 0 saturated carbocycles. The van der Waals surface area contributed by atoms with Crippen LogP contribution in [0.25, 0.3) is 0 Å². The molecule has 9 heteroatoms. The smallest absolute Gasteiger partial charge is 0.416 e. The highest BCUT2D eigenvalue weighted by Gasteiger charge is 2.60. The number of hydrogen-bond donors (Lipinski definition) is 0. The molecule has 0 bridgehead atoms. The first kappa shape index (κ1) is 22.9. The van der Waals surface area contributed by atoms with Gasteiger partial charge in [-0.2, -0.15) is 13.2 Å². The van der Waals surface area contributed by atoms with Gasteiger partial charge < -0.3 is 4.74 Å². The average molecular weight is 482 g/mol. The van der Waals surface area contributed by atoms with Crippen molar-refractivity contribution < 1.29 is 32.3 Å². The number of rotatable bonds is 5. The molecule has 0 radical (unpaired) electrons. The van der Waals surface area contributed by atoms with Crippen LogP contribution in [-0.4, -0.2) is 24.5 Å². The first-order valence-electron chi connectivity index (χ1n) is 11.1. The normalized spacial score (nSPS) is 22.0. The van der Waals surface area contributed by atoms with Gasteiger partial charge in [-0.25, -0.2) is 9.96 Å². The minimum atomic E-state index is -4.56. The molecule has 0 N–H and O–H groups in total. The van der Waals surface area contributed by atoms with Crippen LogP contribution in [0.15, 0.2) is 78.9 Å². The molecule has 0 spiro atoms. The molecule has 3 aromatic carbocycles. The molecule has 3 aromatic rings. The average Bonchev–Trinajstić information content (AvgIpc) is 3.36. The highest BCUT2D eigenvalue weighted by Crippen LogP contribution is 2.48. The van der Waals surface area contributed by atoms with Crippen molar-refractivity contribution >= 4 is 23.2 Å². The summed E-state index contributed by atoms with van der Waals surface area (Å²) in [6.07, 6.45) is -5.73. The summed E-state index contributed by atoms with van der Waals surface area (Å²) in [5.41, 5.74) is 0.255. The maximum absolute atomic E-state index is 13.6. The minimum absolute atomic E-state index is 0.228. The Kier molecular flexibility index (Phi) is 5.72. The first-order valence-corrected chi connectivity index (χ1v) is 11.1. The Morgan fingerprint density at radius 1 is 0.886 bits per heavy atom. The number of fused-ring (bicyclic) bond motifs is 1. The van der Waals surface area contributed by atoms with E-state index in [2.05, 4.69) is 0 Å². The zero-order valence-corrected chi connectivity index (χ0v) is 18.6. The largest absolute Gasteiger partial charge is 0.494 e. The topological polar surface area (TPSA) is 59.1 Å². The van der Waals surface area contributed by atoms with Crippen molar-refractivity contribution in [2.24, 2.45) is 5.92 Å². The fourth-order valence-electron chi connectivity index (χ4n) is 4.56. The van der Waals surface area contributed by atoms with Gasteiger partial charge in [0.05, 0.1) is 29.6 Å². The Hall–Kier alpha value is -3.85. The van der Waals surface area contributed by atoms with E-state index in [1.54, 1.807) is 54.6 Å². The molecular weight excluding hydrogens is 461 g/mol. The highest BCUT2D eigenvalue weighted by atomic mass is 19.4. The van der Waals surface area contributed by atoms with Crippen LogP contribution in [0, 0.1) is 5.92 Å². The van der Waals surface area contributed by atoms with Crippen molar-refractivity contribution in [3.05, 3.63) is 90.0 Å². The van der Waals surface area contributed by atoms with Crippen LogP contribution in [-0.2, 0) is 20.6 Å². The zero-order chi connectivity index (χ0) is 24.7. The van der Waals surface area contributed by atoms with E-state index in [-0.39, 0.29) is 5.56 Å². The molecule has 2 aliphatic rings. The highest BCUT2D eigenvalue weighted by molar-refractivity contribution is 6.23. The number of amides is 2. The van der Waals surface area contributed by atoms with E-state index in [0.29, 0.717) is 23.7 Å². The molecule has 2 heterocycles. The Morgan fingerprint density at radius 2 is 1.60 bits per heavy atom. The second-order valence-electron chi connectivity index (χ2n) is 8.22. The van der Waals surface area contributed by atoms with Crippen molar-refractivity contribution in [2.45, 2.75) is 25.2 Å². The van der Waals surface area contributed by atoms with E-state index >= 15 is 0 Å². The van der Waals surface area contributed by atoms with Gasteiger partial charge in [-0.05, 0) is 61.0 Å². The standard InChI is InChI=1S/C26H21F3N2O4/c1-2-34-20-13-11-18(12-14-20)30-24(32)21-22(16-7-6-8-17(15-16)26(27,28)29)31(35-23(21)25(30)33)19-9-4-3-5-10-19/h3-15,21-23H,2H2,1H3/t21-,22-,23+/m1/s1. The number of hydrogen-bond acceptors (Lipinski definition) is 5. The third-order valence-corrected chi connectivity index (χ3v) is 6.09. The maximum Gasteiger partial charge on any atom is 0.416 e. The lowest BCUT2D eigenvalue weighted by atomic mass is 9.89. The van der Waals surface area contributed by atoms with Gasteiger partial charge in [0.1, 0.15) is 11.7 Å². The summed E-state index contributed by atoms with van der Waals surface area (Å²) in [5, 5.41) is 1.37. The number of carbonyl (C=O) groups is 2. The summed E-state index contributed by atoms with van der Waals surface area (Å²) >= 11 is 0. The number of imide groups is 1. The van der Waals surface area contributed by atoms with Crippen LogP contribution >= 0.6 is 0 Å². The molecule has 5 rings (SSSR count). The maximum atomic E-state index is 13.6. The fraction of sp³-hybridized carbons (Fsp3) is 0.231. The van der Waals surface area contributed by atoms with Crippen molar-refractivity contribution in [2.75, 3.05) is 16.6 Å². The SMILES string of the molecule is CCOc1ccc(N2C(=O)[C@H]3[C@H](ON(c4ccccc4)[C@@H]3c3cccc(C(F)(F)F)c3)C2=O)cc1. The second-order valence-corrected chi connectivity index (χ2v) is 8.22. The van der Waals surface area contributed by atoms with Crippen LogP contribution < -0.4 is 14.7 Å². The molecule has 6 nitrogen and oxygen atoms in total. The van der Waals surface area contributed by atoms with Crippen molar-refractivity contribution in [1.82, 2.24) is 0 Å². The molecule has 0 aromatic heterocycles. The number of benzene rings is 3. The molecule has 2 aliphatic heterocycles. The van der Waals surface area contributed by atoms with Crippen molar-refractivity contribution in [1.29, 1.82) is 0 Å². The summed E-state index contributed by atoms with van der Waals surface area (Å²) in [6, 6.07) is 19.0. The number of para-hydroxylation sites is 1. The van der Waals surface area contributed by atoms with Crippen molar-refractivity contribution in [3.63, 3.8) is 0 Å². The van der Waals surface area contributed by atoms with Crippen LogP contribution in [0.3, 0.4) is 0 Å². The number of alkyl halides is 3. The lowest BCUT2D eigenvalue weighted by Gasteiger charge is -2.29. The van der Waals surface area contributed by atoms with Crippen LogP contribution in [0.5, 0.6) is 5.75 Å². The lowest BCUT2D eigenvalue weighted by molar-refractivity contribution is -0.137. The van der Waals surface area contributed by atoms with E-state index in [9.17, 15) is 22.8 Å². The van der Waals surface area contributed by atoms with Gasteiger partial charge in [0.25, 0.3) is 5.91 Å².